The molecule has 1 aliphatic carbocycles. The molecule has 1 aliphatic rings. The van der Waals surface area contributed by atoms with Gasteiger partial charge in [-0.15, -0.1) is 0 Å². The number of Topliss-reactive ketones (excluding diaryl/α,β-unsaturated/α-hetero) is 1. The molecule has 6 nitrogen and oxygen atoms in total. The molecule has 0 atom stereocenters. The van der Waals surface area contributed by atoms with Gasteiger partial charge in [0.05, 0.1) is 6.26 Å². The minimum absolute atomic E-state index is 0.108. The lowest BCUT2D eigenvalue weighted by molar-refractivity contribution is -0.141. The largest absolute Gasteiger partial charge is 0.459 e. The number of aryl methyl sites for hydroxylation is 2. The maximum atomic E-state index is 12.1. The lowest BCUT2D eigenvalue weighted by atomic mass is 10.0. The smallest absolute Gasteiger partial charge is 0.325 e. The summed E-state index contributed by atoms with van der Waals surface area (Å²) in [5.74, 6) is -1.33. The normalized spacial score (nSPS) is 12.5. The van der Waals surface area contributed by atoms with Crippen molar-refractivity contribution in [3.8, 4) is 0 Å². The lowest BCUT2D eigenvalue weighted by Gasteiger charge is -2.07. The summed E-state index contributed by atoms with van der Waals surface area (Å²) in [5.41, 5.74) is 3.02. The minimum atomic E-state index is -0.676. The quantitative estimate of drug-likeness (QED) is 0.647. The van der Waals surface area contributed by atoms with Crippen LogP contribution in [0.4, 0.5) is 0 Å². The van der Waals surface area contributed by atoms with Crippen molar-refractivity contribution < 1.29 is 23.5 Å². The number of nitrogens with one attached hydrogen (secondary N) is 1. The third-order valence-electron chi connectivity index (χ3n) is 3.92. The average molecular weight is 327 g/mol. The zero-order chi connectivity index (χ0) is 16.9. The van der Waals surface area contributed by atoms with Crippen LogP contribution in [-0.2, 0) is 22.4 Å². The molecular formula is C18H17NO5. The Bertz CT molecular complexity index is 764. The summed E-state index contributed by atoms with van der Waals surface area (Å²) in [4.78, 5) is 35.3. The van der Waals surface area contributed by atoms with Gasteiger partial charge < -0.3 is 14.5 Å². The number of furan rings is 1. The molecule has 0 bridgehead atoms. The van der Waals surface area contributed by atoms with Gasteiger partial charge in [-0.2, -0.15) is 0 Å². The first-order valence-electron chi connectivity index (χ1n) is 7.76. The molecule has 1 N–H and O–H groups in total. The average Bonchev–Trinajstić information content (AvgIpc) is 3.27. The topological polar surface area (TPSA) is 85.6 Å². The molecule has 1 aromatic heterocycles. The molecule has 1 amide bonds. The van der Waals surface area contributed by atoms with Crippen LogP contribution < -0.4 is 5.32 Å². The summed E-state index contributed by atoms with van der Waals surface area (Å²) in [6.45, 7) is -0.661. The predicted octanol–water partition coefficient (Wildman–Crippen LogP) is 1.92. The van der Waals surface area contributed by atoms with Crippen molar-refractivity contribution in [1.82, 2.24) is 5.32 Å². The maximum Gasteiger partial charge on any atom is 0.325 e. The number of fused-ring (bicyclic) bond motifs is 1. The van der Waals surface area contributed by atoms with Gasteiger partial charge in [-0.3, -0.25) is 14.4 Å². The van der Waals surface area contributed by atoms with Gasteiger partial charge in [-0.05, 0) is 48.6 Å². The molecule has 0 spiro atoms. The highest BCUT2D eigenvalue weighted by Gasteiger charge is 2.16. The summed E-state index contributed by atoms with van der Waals surface area (Å²) in [6, 6.07) is 8.65. The predicted molar refractivity (Wildman–Crippen MR) is 84.8 cm³/mol. The molecule has 24 heavy (non-hydrogen) atoms. The molecule has 1 aromatic carbocycles. The van der Waals surface area contributed by atoms with E-state index < -0.39 is 11.9 Å². The number of carbonyl (C=O) groups is 3. The van der Waals surface area contributed by atoms with E-state index in [1.807, 2.05) is 12.1 Å². The number of hydrogen-bond acceptors (Lipinski definition) is 5. The van der Waals surface area contributed by atoms with Crippen LogP contribution in [0.3, 0.4) is 0 Å². The molecule has 0 fully saturated rings. The number of carbonyl (C=O) groups excluding carboxylic acids is 3. The number of benzene rings is 1. The van der Waals surface area contributed by atoms with Crippen LogP contribution in [0, 0.1) is 0 Å². The Balaban J connectivity index is 1.45. The number of ketones is 1. The first kappa shape index (κ1) is 16.0. The number of esters is 1. The summed E-state index contributed by atoms with van der Waals surface area (Å²) in [5, 5.41) is 2.36. The SMILES string of the molecule is O=C(CNC(=O)c1ccco1)OCC(=O)c1ccc2c(c1)CCC2. The Labute approximate surface area is 138 Å². The standard InChI is InChI=1S/C18H17NO5/c20-15(14-7-6-12-3-1-4-13(12)9-14)11-24-17(21)10-19-18(22)16-5-2-8-23-16/h2,5-9H,1,3-4,10-11H2,(H,19,22). The molecular weight excluding hydrogens is 310 g/mol. The molecule has 1 heterocycles. The van der Waals surface area contributed by atoms with Crippen LogP contribution in [-0.4, -0.2) is 30.8 Å². The summed E-state index contributed by atoms with van der Waals surface area (Å²) >= 11 is 0. The first-order chi connectivity index (χ1) is 11.6. The molecule has 0 saturated carbocycles. The van der Waals surface area contributed by atoms with Gasteiger partial charge in [0.2, 0.25) is 0 Å². The van der Waals surface area contributed by atoms with Crippen LogP contribution >= 0.6 is 0 Å². The van der Waals surface area contributed by atoms with Gasteiger partial charge in [-0.25, -0.2) is 0 Å². The van der Waals surface area contributed by atoms with Crippen molar-refractivity contribution in [2.75, 3.05) is 13.2 Å². The van der Waals surface area contributed by atoms with Crippen LogP contribution in [0.2, 0.25) is 0 Å². The zero-order valence-electron chi connectivity index (χ0n) is 13.0. The van der Waals surface area contributed by atoms with Crippen LogP contribution in [0.15, 0.2) is 41.0 Å². The third kappa shape index (κ3) is 3.71. The van der Waals surface area contributed by atoms with Gasteiger partial charge in [0.1, 0.15) is 6.54 Å². The second kappa shape index (κ2) is 7.12. The monoisotopic (exact) mass is 327 g/mol. The van der Waals surface area contributed by atoms with Crippen molar-refractivity contribution in [1.29, 1.82) is 0 Å². The van der Waals surface area contributed by atoms with E-state index >= 15 is 0 Å². The Kier molecular flexibility index (Phi) is 4.74. The number of ether oxygens (including phenoxy) is 1. The minimum Gasteiger partial charge on any atom is -0.459 e. The molecule has 3 rings (SSSR count). The van der Waals surface area contributed by atoms with E-state index in [-0.39, 0.29) is 24.7 Å². The highest BCUT2D eigenvalue weighted by atomic mass is 16.5. The molecule has 2 aromatic rings. The number of hydrogen-bond donors (Lipinski definition) is 1. The van der Waals surface area contributed by atoms with E-state index in [0.29, 0.717) is 5.56 Å². The van der Waals surface area contributed by atoms with Crippen molar-refractivity contribution in [3.63, 3.8) is 0 Å². The van der Waals surface area contributed by atoms with E-state index in [2.05, 4.69) is 5.32 Å². The second-order valence-corrected chi connectivity index (χ2v) is 5.58. The van der Waals surface area contributed by atoms with E-state index in [4.69, 9.17) is 9.15 Å². The fourth-order valence-electron chi connectivity index (χ4n) is 2.67. The zero-order valence-corrected chi connectivity index (χ0v) is 13.0. The van der Waals surface area contributed by atoms with Gasteiger partial charge in [0.15, 0.2) is 18.2 Å². The fraction of sp³-hybridized carbons (Fsp3) is 0.278. The molecule has 0 unspecified atom stereocenters. The molecule has 0 saturated heterocycles. The molecule has 6 heteroatoms. The summed E-state index contributed by atoms with van der Waals surface area (Å²) < 4.78 is 9.81. The molecule has 0 radical (unpaired) electrons. The van der Waals surface area contributed by atoms with Gasteiger partial charge in [0.25, 0.3) is 5.91 Å². The number of rotatable bonds is 6. The van der Waals surface area contributed by atoms with Crippen molar-refractivity contribution in [3.05, 3.63) is 59.0 Å². The van der Waals surface area contributed by atoms with Gasteiger partial charge >= 0.3 is 5.97 Å². The summed E-state index contributed by atoms with van der Waals surface area (Å²) in [6.07, 6.45) is 4.50. The van der Waals surface area contributed by atoms with Crippen molar-refractivity contribution >= 4 is 17.7 Å². The maximum absolute atomic E-state index is 12.1. The highest BCUT2D eigenvalue weighted by molar-refractivity contribution is 5.98. The van der Waals surface area contributed by atoms with Crippen molar-refractivity contribution in [2.45, 2.75) is 19.3 Å². The Morgan fingerprint density at radius 2 is 1.96 bits per heavy atom. The van der Waals surface area contributed by atoms with Crippen LogP contribution in [0.5, 0.6) is 0 Å². The Hall–Kier alpha value is -2.89. The first-order valence-corrected chi connectivity index (χ1v) is 7.76. The lowest BCUT2D eigenvalue weighted by Crippen LogP contribution is -2.31. The Morgan fingerprint density at radius 3 is 2.75 bits per heavy atom. The Morgan fingerprint density at radius 1 is 1.12 bits per heavy atom. The van der Waals surface area contributed by atoms with Gasteiger partial charge in [0, 0.05) is 5.56 Å². The van der Waals surface area contributed by atoms with Crippen LogP contribution in [0.1, 0.15) is 38.5 Å². The van der Waals surface area contributed by atoms with E-state index in [1.54, 1.807) is 12.1 Å². The van der Waals surface area contributed by atoms with Gasteiger partial charge in [-0.1, -0.05) is 12.1 Å². The van der Waals surface area contributed by atoms with E-state index in [0.717, 1.165) is 19.3 Å². The van der Waals surface area contributed by atoms with Crippen LogP contribution in [0.25, 0.3) is 0 Å². The highest BCUT2D eigenvalue weighted by Crippen LogP contribution is 2.22. The second-order valence-electron chi connectivity index (χ2n) is 5.58. The molecule has 124 valence electrons. The summed E-state index contributed by atoms with van der Waals surface area (Å²) in [7, 11) is 0. The van der Waals surface area contributed by atoms with E-state index in [9.17, 15) is 14.4 Å². The molecule has 0 aliphatic heterocycles. The third-order valence-corrected chi connectivity index (χ3v) is 3.92. The number of amides is 1. The fourth-order valence-corrected chi connectivity index (χ4v) is 2.67. The van der Waals surface area contributed by atoms with Crippen molar-refractivity contribution in [2.24, 2.45) is 0 Å². The van der Waals surface area contributed by atoms with E-state index in [1.165, 1.54) is 23.5 Å².